The molecule has 0 aliphatic carbocycles. The predicted molar refractivity (Wildman–Crippen MR) is 59.9 cm³/mol. The van der Waals surface area contributed by atoms with Crippen molar-refractivity contribution < 1.29 is 28.5 Å². The van der Waals surface area contributed by atoms with Gasteiger partial charge >= 0.3 is 0 Å². The Morgan fingerprint density at radius 3 is 2.53 bits per heavy atom. The smallest absolute Gasteiger partial charge is 0.255 e. The number of rotatable bonds is 2. The van der Waals surface area contributed by atoms with E-state index in [-0.39, 0.29) is 5.75 Å². The lowest BCUT2D eigenvalue weighted by atomic mass is 10.1. The highest BCUT2D eigenvalue weighted by Crippen LogP contribution is 2.32. The minimum absolute atomic E-state index is 0.0153. The highest BCUT2D eigenvalue weighted by atomic mass is 35.7. The molecule has 1 heterocycles. The lowest BCUT2D eigenvalue weighted by Gasteiger charge is -2.13. The van der Waals surface area contributed by atoms with Crippen molar-refractivity contribution in [2.45, 2.75) is 0 Å². The van der Waals surface area contributed by atoms with Crippen LogP contribution in [0.3, 0.4) is 0 Å². The van der Waals surface area contributed by atoms with Crippen LogP contribution in [-0.2, 0) is 0 Å². The van der Waals surface area contributed by atoms with Gasteiger partial charge in [0.2, 0.25) is 0 Å². The van der Waals surface area contributed by atoms with Crippen molar-refractivity contribution in [2.24, 2.45) is 0 Å². The minimum atomic E-state index is -4.53. The molecule has 1 aromatic heterocycles. The van der Waals surface area contributed by atoms with Crippen LogP contribution in [0.1, 0.15) is 0 Å². The van der Waals surface area contributed by atoms with E-state index < -0.39 is 10.2 Å². The second-order valence-corrected chi connectivity index (χ2v) is 4.86. The number of fused-ring (bicyclic) bond motifs is 3. The summed E-state index contributed by atoms with van der Waals surface area (Å²) in [5, 5.41) is 2.13. The maximum Gasteiger partial charge on any atom is 0.298 e. The van der Waals surface area contributed by atoms with Gasteiger partial charge in [-0.2, -0.15) is 14.0 Å². The van der Waals surface area contributed by atoms with Gasteiger partial charge in [0, 0.05) is 11.6 Å². The van der Waals surface area contributed by atoms with Crippen LogP contribution in [-0.4, -0.2) is 4.98 Å². The lowest BCUT2D eigenvalue weighted by molar-refractivity contribution is -1.91. The number of halogens is 1. The topological polar surface area (TPSA) is 91.3 Å². The van der Waals surface area contributed by atoms with E-state index >= 15 is 0 Å². The summed E-state index contributed by atoms with van der Waals surface area (Å²) in [6.45, 7) is 0. The summed E-state index contributed by atoms with van der Waals surface area (Å²) >= 11 is 0. The molecule has 5 nitrogen and oxygen atoms in total. The fraction of sp³-hybridized carbons (Fsp3) is 0. The van der Waals surface area contributed by atoms with Gasteiger partial charge < -0.3 is 0 Å². The van der Waals surface area contributed by atoms with Crippen LogP contribution in [0.4, 0.5) is 0 Å². The molecule has 3 rings (SSSR count). The number of pyridine rings is 1. The van der Waals surface area contributed by atoms with Crippen LogP contribution >= 0.6 is 0 Å². The van der Waals surface area contributed by atoms with E-state index in [1.807, 2.05) is 24.3 Å². The Morgan fingerprint density at radius 2 is 1.74 bits per heavy atom. The largest absolute Gasteiger partial charge is 0.298 e. The van der Waals surface area contributed by atoms with Gasteiger partial charge in [-0.3, -0.25) is 4.98 Å². The summed E-state index contributed by atoms with van der Waals surface area (Å²) in [5.41, 5.74) is 0.565. The third-order valence-electron chi connectivity index (χ3n) is 2.75. The van der Waals surface area contributed by atoms with E-state index in [4.69, 9.17) is 0 Å². The van der Waals surface area contributed by atoms with E-state index in [9.17, 15) is 14.0 Å². The third kappa shape index (κ3) is 2.32. The number of hydrogen-bond acceptors (Lipinski definition) is 5. The molecule has 19 heavy (non-hydrogen) atoms. The number of nitrogens with zero attached hydrogens (tertiary/aromatic N) is 1. The predicted octanol–water partition coefficient (Wildman–Crippen LogP) is -0.336. The Morgan fingerprint density at radius 1 is 0.947 bits per heavy atom. The average molecular weight is 278 g/mol. The van der Waals surface area contributed by atoms with Crippen LogP contribution < -0.4 is 18.3 Å². The van der Waals surface area contributed by atoms with Gasteiger partial charge in [0.25, 0.3) is 5.75 Å². The molecule has 3 aromatic rings. The number of benzene rings is 2. The standard InChI is InChI=1S/C13H8ClNO4/c16-14(17,18)19-12-7-3-6-11-13(12)10-5-2-1-4-9(10)8-15-11/h1-8H. The van der Waals surface area contributed by atoms with E-state index in [1.165, 1.54) is 6.07 Å². The Bertz CT molecular complexity index is 754. The molecule has 0 radical (unpaired) electrons. The molecule has 0 amide bonds. The second-order valence-electron chi connectivity index (χ2n) is 3.95. The molecule has 0 bridgehead atoms. The van der Waals surface area contributed by atoms with Crippen LogP contribution in [0, 0.1) is 10.2 Å². The molecular weight excluding hydrogens is 270 g/mol. The SMILES string of the molecule is [O-][Cl+3]([O-])([O-])Oc1cccc2ncc3ccccc3c12. The summed E-state index contributed by atoms with van der Waals surface area (Å²) in [4.78, 5) is 4.22. The zero-order valence-electron chi connectivity index (χ0n) is 9.58. The van der Waals surface area contributed by atoms with Gasteiger partial charge in [0.15, 0.2) is 0 Å². The first-order valence-corrected chi connectivity index (χ1v) is 6.65. The first-order valence-electron chi connectivity index (χ1n) is 5.41. The summed E-state index contributed by atoms with van der Waals surface area (Å²) < 4.78 is 36.7. The van der Waals surface area contributed by atoms with Crippen molar-refractivity contribution in [3.8, 4) is 5.75 Å². The molecule has 0 spiro atoms. The van der Waals surface area contributed by atoms with Crippen molar-refractivity contribution in [1.29, 1.82) is 0 Å². The molecule has 2 aromatic carbocycles. The van der Waals surface area contributed by atoms with Crippen molar-refractivity contribution >= 4 is 21.7 Å². The van der Waals surface area contributed by atoms with Gasteiger partial charge in [-0.25, -0.2) is 0 Å². The van der Waals surface area contributed by atoms with Gasteiger partial charge in [-0.05, 0) is 17.5 Å². The third-order valence-corrected chi connectivity index (χ3v) is 3.11. The Labute approximate surface area is 110 Å². The zero-order chi connectivity index (χ0) is 13.5. The van der Waals surface area contributed by atoms with Crippen LogP contribution in [0.25, 0.3) is 21.7 Å². The van der Waals surface area contributed by atoms with E-state index in [2.05, 4.69) is 9.27 Å². The molecule has 6 heteroatoms. The summed E-state index contributed by atoms with van der Waals surface area (Å²) in [7, 11) is -4.53. The molecule has 0 unspecified atom stereocenters. The molecule has 0 N–H and O–H groups in total. The normalized spacial score (nSPS) is 11.9. The molecule has 0 saturated heterocycles. The fourth-order valence-corrected chi connectivity index (χ4v) is 2.37. The first-order chi connectivity index (χ1) is 9.04. The Balaban J connectivity index is 2.36. The maximum atomic E-state index is 10.8. The number of aromatic nitrogens is 1. The summed E-state index contributed by atoms with van der Waals surface area (Å²) in [5.74, 6) is -0.0153. The molecule has 0 aliphatic rings. The fourth-order valence-electron chi connectivity index (χ4n) is 2.04. The molecule has 0 atom stereocenters. The minimum Gasteiger partial charge on any atom is -0.255 e. The monoisotopic (exact) mass is 277 g/mol. The van der Waals surface area contributed by atoms with Crippen molar-refractivity contribution in [2.75, 3.05) is 0 Å². The van der Waals surface area contributed by atoms with Gasteiger partial charge in [-0.1, -0.05) is 34.6 Å². The second kappa shape index (κ2) is 4.32. The van der Waals surface area contributed by atoms with Gasteiger partial charge in [-0.15, -0.1) is 0 Å². The Kier molecular flexibility index (Phi) is 2.76. The van der Waals surface area contributed by atoms with Gasteiger partial charge in [0.1, 0.15) is 10.2 Å². The first kappa shape index (κ1) is 12.1. The summed E-state index contributed by atoms with van der Waals surface area (Å²) in [6, 6.07) is 12.1. The van der Waals surface area contributed by atoms with Crippen LogP contribution in [0.5, 0.6) is 5.75 Å². The maximum absolute atomic E-state index is 10.8. The molecule has 0 saturated carbocycles. The van der Waals surface area contributed by atoms with E-state index in [0.29, 0.717) is 10.9 Å². The highest BCUT2D eigenvalue weighted by Gasteiger charge is 2.22. The van der Waals surface area contributed by atoms with Crippen molar-refractivity contribution in [1.82, 2.24) is 4.98 Å². The summed E-state index contributed by atoms with van der Waals surface area (Å²) in [6.07, 6.45) is 1.69. The number of hydrogen-bond donors (Lipinski definition) is 0. The van der Waals surface area contributed by atoms with Crippen LogP contribution in [0.2, 0.25) is 0 Å². The average Bonchev–Trinajstić information content (AvgIpc) is 2.37. The molecule has 0 fully saturated rings. The van der Waals surface area contributed by atoms with Crippen molar-refractivity contribution in [3.05, 3.63) is 48.7 Å². The quantitative estimate of drug-likeness (QED) is 0.598. The van der Waals surface area contributed by atoms with Crippen LogP contribution in [0.15, 0.2) is 48.7 Å². The Hall–Kier alpha value is -1.92. The zero-order valence-corrected chi connectivity index (χ0v) is 10.3. The van der Waals surface area contributed by atoms with Gasteiger partial charge in [0.05, 0.1) is 10.9 Å². The molecule has 0 aliphatic heterocycles. The molecule has 96 valence electrons. The van der Waals surface area contributed by atoms with E-state index in [0.717, 1.165) is 10.8 Å². The highest BCUT2D eigenvalue weighted by molar-refractivity contribution is 6.08. The molecular formula is C13H8ClNO4. The van der Waals surface area contributed by atoms with E-state index in [1.54, 1.807) is 18.3 Å². The lowest BCUT2D eigenvalue weighted by Crippen LogP contribution is -2.63. The van der Waals surface area contributed by atoms with Crippen molar-refractivity contribution in [3.63, 3.8) is 0 Å².